The van der Waals surface area contributed by atoms with Crippen molar-refractivity contribution in [2.24, 2.45) is 11.3 Å². The lowest BCUT2D eigenvalue weighted by Gasteiger charge is -2.35. The largest absolute Gasteiger partial charge is 0.459 e. The Morgan fingerprint density at radius 1 is 0.977 bits per heavy atom. The molecule has 0 aromatic rings. The van der Waals surface area contributed by atoms with Crippen LogP contribution in [0.15, 0.2) is 0 Å². The minimum atomic E-state index is -0.927. The number of hydrogen-bond acceptors (Lipinski definition) is 10. The zero-order chi connectivity index (χ0) is 32.7. The molecule has 2 saturated heterocycles. The molecule has 2 aliphatic heterocycles. The monoisotopic (exact) mass is 633 g/mol. The van der Waals surface area contributed by atoms with E-state index in [1.165, 1.54) is 4.90 Å². The second-order valence-electron chi connectivity index (χ2n) is 13.3. The van der Waals surface area contributed by atoms with Crippen LogP contribution in [0.4, 0.5) is 0 Å². The number of amides is 3. The van der Waals surface area contributed by atoms with Gasteiger partial charge < -0.3 is 45.1 Å². The number of carbonyl (C=O) groups is 4. The maximum atomic E-state index is 13.9. The maximum absolute atomic E-state index is 13.9. The summed E-state index contributed by atoms with van der Waals surface area (Å²) in [6, 6.07) is -1.70. The smallest absolute Gasteiger partial charge is 0.323 e. The Balaban J connectivity index is 0. The van der Waals surface area contributed by atoms with E-state index in [-0.39, 0.29) is 54.3 Å². The maximum Gasteiger partial charge on any atom is 0.323 e. The first-order valence-corrected chi connectivity index (χ1v) is 16.1. The summed E-state index contributed by atoms with van der Waals surface area (Å²) in [5.41, 5.74) is -0.665. The Labute approximate surface area is 267 Å². The van der Waals surface area contributed by atoms with E-state index in [2.05, 4.69) is 35.1 Å². The highest BCUT2D eigenvalue weighted by Gasteiger charge is 2.46. The molecule has 3 amide bonds. The first-order valence-electron chi connectivity index (χ1n) is 16.1. The minimum Gasteiger partial charge on any atom is -0.459 e. The fourth-order valence-electron chi connectivity index (χ4n) is 4.97. The van der Waals surface area contributed by atoms with E-state index in [1.807, 2.05) is 34.6 Å². The predicted octanol–water partition coefficient (Wildman–Crippen LogP) is 1.34. The van der Waals surface area contributed by atoms with Crippen LogP contribution in [0.25, 0.3) is 0 Å². The Morgan fingerprint density at radius 2 is 1.64 bits per heavy atom. The SMILES string of the molecule is CC(C)CNC(=O)C1CC(OC(=O)C2CCCN2)CN1C(=O)C(NC(=O)COCCOCCOCCNC(C)C)C(C)(C)C.[HH].[HH].[HH]. The number of nitrogens with zero attached hydrogens (tertiary/aromatic N) is 1. The number of ether oxygens (including phenoxy) is 4. The van der Waals surface area contributed by atoms with E-state index in [0.29, 0.717) is 45.4 Å². The van der Waals surface area contributed by atoms with E-state index in [1.54, 1.807) is 0 Å². The number of hydrogen-bond donors (Lipinski definition) is 4. The van der Waals surface area contributed by atoms with Gasteiger partial charge in [-0.25, -0.2) is 0 Å². The summed E-state index contributed by atoms with van der Waals surface area (Å²) in [5, 5.41) is 12.1. The number of esters is 1. The molecule has 0 bridgehead atoms. The minimum absolute atomic E-state index is 0. The van der Waals surface area contributed by atoms with Crippen molar-refractivity contribution >= 4 is 23.7 Å². The highest BCUT2D eigenvalue weighted by Crippen LogP contribution is 2.28. The van der Waals surface area contributed by atoms with Crippen LogP contribution >= 0.6 is 0 Å². The molecule has 2 rings (SSSR count). The topological polar surface area (TPSA) is 157 Å². The standard InChI is InChI=1S/C31H57N5O8.3H2/c1-21(2)18-34-28(38)25-17-23(44-30(40)24-9-8-10-33-24)19-36(25)29(39)27(31(5,6)7)35-26(37)20-43-16-15-42-14-13-41-12-11-32-22(3)4;;;/h21-25,27,32-33H,8-20H2,1-7H3,(H,34,38)(H,35,37);3*1H. The number of nitrogens with one attached hydrogen (secondary N) is 4. The van der Waals surface area contributed by atoms with Crippen LogP contribution in [0.2, 0.25) is 0 Å². The number of likely N-dealkylation sites (tertiary alicyclic amines) is 1. The molecule has 2 aliphatic rings. The van der Waals surface area contributed by atoms with E-state index in [4.69, 9.17) is 18.9 Å². The van der Waals surface area contributed by atoms with Crippen LogP contribution in [0.5, 0.6) is 0 Å². The second-order valence-corrected chi connectivity index (χ2v) is 13.3. The zero-order valence-corrected chi connectivity index (χ0v) is 27.9. The third-order valence-electron chi connectivity index (χ3n) is 7.36. The van der Waals surface area contributed by atoms with Crippen molar-refractivity contribution in [3.63, 3.8) is 0 Å². The lowest BCUT2D eigenvalue weighted by Crippen LogP contribution is -2.58. The molecule has 2 heterocycles. The fourth-order valence-corrected chi connectivity index (χ4v) is 4.97. The van der Waals surface area contributed by atoms with Gasteiger partial charge in [-0.3, -0.25) is 19.2 Å². The molecule has 0 aliphatic carbocycles. The summed E-state index contributed by atoms with van der Waals surface area (Å²) in [6.45, 7) is 17.5. The normalized spacial score (nSPS) is 21.1. The van der Waals surface area contributed by atoms with Crippen molar-refractivity contribution in [1.29, 1.82) is 0 Å². The van der Waals surface area contributed by atoms with E-state index >= 15 is 0 Å². The molecule has 2 fully saturated rings. The third kappa shape index (κ3) is 13.8. The van der Waals surface area contributed by atoms with Crippen LogP contribution in [-0.2, 0) is 38.1 Å². The molecule has 44 heavy (non-hydrogen) atoms. The number of carbonyl (C=O) groups excluding carboxylic acids is 4. The first-order chi connectivity index (χ1) is 20.8. The fraction of sp³-hybridized carbons (Fsp3) is 0.871. The van der Waals surface area contributed by atoms with Gasteiger partial charge >= 0.3 is 5.97 Å². The van der Waals surface area contributed by atoms with Crippen LogP contribution in [-0.4, -0.2) is 125 Å². The van der Waals surface area contributed by atoms with Crippen molar-refractivity contribution in [3.05, 3.63) is 0 Å². The highest BCUT2D eigenvalue weighted by molar-refractivity contribution is 5.93. The van der Waals surface area contributed by atoms with Crippen molar-refractivity contribution < 1.29 is 42.4 Å². The van der Waals surface area contributed by atoms with Gasteiger partial charge in [0.1, 0.15) is 30.8 Å². The summed E-state index contributed by atoms with van der Waals surface area (Å²) >= 11 is 0. The van der Waals surface area contributed by atoms with E-state index in [0.717, 1.165) is 19.5 Å². The van der Waals surface area contributed by atoms with Gasteiger partial charge in [0.05, 0.1) is 39.6 Å². The molecule has 13 nitrogen and oxygen atoms in total. The van der Waals surface area contributed by atoms with Gasteiger partial charge in [-0.2, -0.15) is 0 Å². The molecular weight excluding hydrogens is 570 g/mol. The Kier molecular flexibility index (Phi) is 16.6. The molecule has 13 heteroatoms. The Bertz CT molecular complexity index is 920. The second kappa shape index (κ2) is 19.3. The molecule has 0 saturated carbocycles. The summed E-state index contributed by atoms with van der Waals surface area (Å²) in [7, 11) is 0. The van der Waals surface area contributed by atoms with Crippen LogP contribution in [0.3, 0.4) is 0 Å². The molecule has 4 atom stereocenters. The molecule has 0 radical (unpaired) electrons. The van der Waals surface area contributed by atoms with Crippen LogP contribution in [0.1, 0.15) is 72.0 Å². The van der Waals surface area contributed by atoms with Gasteiger partial charge in [0.25, 0.3) is 0 Å². The molecule has 260 valence electrons. The average molecular weight is 634 g/mol. The van der Waals surface area contributed by atoms with Gasteiger partial charge in [-0.05, 0) is 30.7 Å². The van der Waals surface area contributed by atoms with E-state index < -0.39 is 35.4 Å². The van der Waals surface area contributed by atoms with Gasteiger partial charge in [0.2, 0.25) is 17.7 Å². The summed E-state index contributed by atoms with van der Waals surface area (Å²) in [4.78, 5) is 54.1. The molecular formula is C31H63N5O8. The molecule has 0 aromatic heterocycles. The van der Waals surface area contributed by atoms with Crippen molar-refractivity contribution in [3.8, 4) is 0 Å². The van der Waals surface area contributed by atoms with Gasteiger partial charge in [-0.15, -0.1) is 0 Å². The van der Waals surface area contributed by atoms with Gasteiger partial charge in [-0.1, -0.05) is 48.5 Å². The molecule has 0 spiro atoms. The zero-order valence-electron chi connectivity index (χ0n) is 27.9. The Morgan fingerprint density at radius 3 is 2.23 bits per heavy atom. The summed E-state index contributed by atoms with van der Waals surface area (Å²) in [5.74, 6) is -1.29. The summed E-state index contributed by atoms with van der Waals surface area (Å²) in [6.07, 6.45) is 1.17. The lowest BCUT2D eigenvalue weighted by molar-refractivity contribution is -0.151. The third-order valence-corrected chi connectivity index (χ3v) is 7.36. The van der Waals surface area contributed by atoms with Crippen molar-refractivity contribution in [1.82, 2.24) is 26.2 Å². The van der Waals surface area contributed by atoms with E-state index in [9.17, 15) is 19.2 Å². The quantitative estimate of drug-likeness (QED) is 0.121. The lowest BCUT2D eigenvalue weighted by atomic mass is 9.85. The number of rotatable bonds is 19. The Hall–Kier alpha value is -2.32. The van der Waals surface area contributed by atoms with Crippen molar-refractivity contribution in [2.45, 2.75) is 98.0 Å². The van der Waals surface area contributed by atoms with Gasteiger partial charge in [0.15, 0.2) is 0 Å². The van der Waals surface area contributed by atoms with Crippen LogP contribution < -0.4 is 21.3 Å². The highest BCUT2D eigenvalue weighted by atomic mass is 16.6. The molecule has 4 unspecified atom stereocenters. The first kappa shape index (κ1) is 37.9. The van der Waals surface area contributed by atoms with Crippen molar-refractivity contribution in [2.75, 3.05) is 65.8 Å². The molecule has 0 aromatic carbocycles. The average Bonchev–Trinajstić information content (AvgIpc) is 3.63. The summed E-state index contributed by atoms with van der Waals surface area (Å²) < 4.78 is 22.2. The van der Waals surface area contributed by atoms with Crippen LogP contribution in [0, 0.1) is 11.3 Å². The van der Waals surface area contributed by atoms with Gasteiger partial charge in [0, 0.05) is 29.8 Å². The predicted molar refractivity (Wildman–Crippen MR) is 172 cm³/mol. The molecule has 4 N–H and O–H groups in total.